The number of carbonyl (C=O) groups is 1. The van der Waals surface area contributed by atoms with Crippen molar-refractivity contribution in [2.75, 3.05) is 13.2 Å². The van der Waals surface area contributed by atoms with Gasteiger partial charge in [0.25, 0.3) is 0 Å². The summed E-state index contributed by atoms with van der Waals surface area (Å²) in [6.07, 6.45) is 7.16. The molecule has 112 valence electrons. The maximum Gasteiger partial charge on any atom is 0.246 e. The molecule has 0 aliphatic heterocycles. The van der Waals surface area contributed by atoms with Gasteiger partial charge in [-0.1, -0.05) is 42.0 Å². The van der Waals surface area contributed by atoms with E-state index in [2.05, 4.69) is 36.5 Å². The van der Waals surface area contributed by atoms with E-state index in [9.17, 15) is 4.79 Å². The maximum atomic E-state index is 11.8. The first-order chi connectivity index (χ1) is 10.2. The second-order valence-corrected chi connectivity index (χ2v) is 6.32. The smallest absolute Gasteiger partial charge is 0.246 e. The Morgan fingerprint density at radius 2 is 2.05 bits per heavy atom. The highest BCUT2D eigenvalue weighted by atomic mass is 16.5. The molecule has 0 aromatic heterocycles. The fraction of sp³-hybridized carbons (Fsp3) is 0.500. The number of benzene rings is 1. The Hall–Kier alpha value is -1.61. The summed E-state index contributed by atoms with van der Waals surface area (Å²) in [6, 6.07) is 8.19. The van der Waals surface area contributed by atoms with Gasteiger partial charge in [0.2, 0.25) is 5.91 Å². The summed E-state index contributed by atoms with van der Waals surface area (Å²) in [5.74, 6) is 2.03. The van der Waals surface area contributed by atoms with Gasteiger partial charge in [0.1, 0.15) is 6.61 Å². The van der Waals surface area contributed by atoms with Crippen LogP contribution in [0.25, 0.3) is 0 Å². The molecule has 0 saturated heterocycles. The number of fused-ring (bicyclic) bond motifs is 2. The second kappa shape index (κ2) is 6.44. The zero-order valence-electron chi connectivity index (χ0n) is 12.5. The molecule has 1 amide bonds. The van der Waals surface area contributed by atoms with Gasteiger partial charge in [0.05, 0.1) is 6.61 Å². The molecule has 3 nitrogen and oxygen atoms in total. The number of ether oxygens (including phenoxy) is 1. The Kier molecular flexibility index (Phi) is 4.39. The number of hydrogen-bond acceptors (Lipinski definition) is 2. The summed E-state index contributed by atoms with van der Waals surface area (Å²) in [7, 11) is 0. The van der Waals surface area contributed by atoms with Crippen LogP contribution in [0.4, 0.5) is 0 Å². The molecule has 0 heterocycles. The van der Waals surface area contributed by atoms with Crippen molar-refractivity contribution in [3.8, 4) is 0 Å². The summed E-state index contributed by atoms with van der Waals surface area (Å²) < 4.78 is 5.59. The highest BCUT2D eigenvalue weighted by molar-refractivity contribution is 5.77. The van der Waals surface area contributed by atoms with Crippen LogP contribution in [-0.4, -0.2) is 19.1 Å². The molecule has 0 radical (unpaired) electrons. The lowest BCUT2D eigenvalue weighted by Crippen LogP contribution is -2.28. The highest BCUT2D eigenvalue weighted by Crippen LogP contribution is 2.43. The van der Waals surface area contributed by atoms with E-state index in [1.54, 1.807) is 0 Å². The number of hydrogen-bond donors (Lipinski definition) is 1. The number of rotatable bonds is 6. The van der Waals surface area contributed by atoms with Crippen LogP contribution in [0.3, 0.4) is 0 Å². The van der Waals surface area contributed by atoms with E-state index < -0.39 is 0 Å². The predicted octanol–water partition coefficient (Wildman–Crippen LogP) is 2.84. The van der Waals surface area contributed by atoms with Crippen LogP contribution in [-0.2, 0) is 16.1 Å². The molecule has 1 aromatic rings. The Labute approximate surface area is 126 Å². The van der Waals surface area contributed by atoms with E-state index in [1.807, 2.05) is 12.1 Å². The van der Waals surface area contributed by atoms with E-state index in [1.165, 1.54) is 18.4 Å². The first kappa shape index (κ1) is 14.3. The minimum atomic E-state index is -0.0331. The molecule has 21 heavy (non-hydrogen) atoms. The predicted molar refractivity (Wildman–Crippen MR) is 82.7 cm³/mol. The Morgan fingerprint density at radius 3 is 2.71 bits per heavy atom. The van der Waals surface area contributed by atoms with Crippen molar-refractivity contribution in [3.63, 3.8) is 0 Å². The third kappa shape index (κ3) is 3.73. The average molecular weight is 285 g/mol. The van der Waals surface area contributed by atoms with Crippen molar-refractivity contribution < 1.29 is 9.53 Å². The largest absolute Gasteiger partial charge is 0.371 e. The molecular formula is C18H23NO2. The van der Waals surface area contributed by atoms with Gasteiger partial charge in [-0.15, -0.1) is 0 Å². The van der Waals surface area contributed by atoms with Crippen LogP contribution >= 0.6 is 0 Å². The first-order valence-corrected chi connectivity index (χ1v) is 7.79. The van der Waals surface area contributed by atoms with Crippen LogP contribution in [0.2, 0.25) is 0 Å². The molecule has 2 aliphatic rings. The Bertz CT molecular complexity index is 521. The molecule has 1 fully saturated rings. The lowest BCUT2D eigenvalue weighted by atomic mass is 9.95. The number of allylic oxidation sites excluding steroid dienone is 2. The van der Waals surface area contributed by atoms with E-state index in [-0.39, 0.29) is 12.5 Å². The van der Waals surface area contributed by atoms with Gasteiger partial charge in [-0.25, -0.2) is 0 Å². The maximum absolute atomic E-state index is 11.8. The minimum Gasteiger partial charge on any atom is -0.371 e. The van der Waals surface area contributed by atoms with Crippen LogP contribution < -0.4 is 5.32 Å². The van der Waals surface area contributed by atoms with Gasteiger partial charge in [0, 0.05) is 6.54 Å². The number of aryl methyl sites for hydroxylation is 1. The molecule has 3 unspecified atom stereocenters. The monoisotopic (exact) mass is 285 g/mol. The van der Waals surface area contributed by atoms with Crippen molar-refractivity contribution in [2.24, 2.45) is 17.8 Å². The molecule has 1 N–H and O–H groups in total. The summed E-state index contributed by atoms with van der Waals surface area (Å²) in [5.41, 5.74) is 2.35. The van der Waals surface area contributed by atoms with Crippen molar-refractivity contribution in [3.05, 3.63) is 47.5 Å². The molecule has 1 saturated carbocycles. The Balaban J connectivity index is 1.33. The van der Waals surface area contributed by atoms with Crippen molar-refractivity contribution in [2.45, 2.75) is 26.3 Å². The summed E-state index contributed by atoms with van der Waals surface area (Å²) in [6.45, 7) is 3.51. The van der Waals surface area contributed by atoms with Crippen LogP contribution in [0.1, 0.15) is 24.0 Å². The normalized spacial score (nSPS) is 26.2. The number of amides is 1. The first-order valence-electron chi connectivity index (χ1n) is 7.79. The molecule has 3 heteroatoms. The molecular weight excluding hydrogens is 262 g/mol. The SMILES string of the molecule is Cc1ccc(CNC(=O)COCC2CC3C=CC2C3)cc1. The third-order valence-electron chi connectivity index (χ3n) is 4.59. The molecule has 0 spiro atoms. The van der Waals surface area contributed by atoms with E-state index in [0.717, 1.165) is 11.5 Å². The molecule has 3 rings (SSSR count). The topological polar surface area (TPSA) is 38.3 Å². The quantitative estimate of drug-likeness (QED) is 0.816. The second-order valence-electron chi connectivity index (χ2n) is 6.32. The van der Waals surface area contributed by atoms with Crippen LogP contribution in [0.15, 0.2) is 36.4 Å². The lowest BCUT2D eigenvalue weighted by Gasteiger charge is -2.17. The number of nitrogens with one attached hydrogen (secondary N) is 1. The van der Waals surface area contributed by atoms with Gasteiger partial charge in [-0.2, -0.15) is 0 Å². The van der Waals surface area contributed by atoms with Gasteiger partial charge in [-0.05, 0) is 43.1 Å². The lowest BCUT2D eigenvalue weighted by molar-refractivity contribution is -0.126. The van der Waals surface area contributed by atoms with Crippen LogP contribution in [0.5, 0.6) is 0 Å². The minimum absolute atomic E-state index is 0.0331. The van der Waals surface area contributed by atoms with Crippen molar-refractivity contribution in [1.82, 2.24) is 5.32 Å². The summed E-state index contributed by atoms with van der Waals surface area (Å²) >= 11 is 0. The van der Waals surface area contributed by atoms with E-state index in [4.69, 9.17) is 4.74 Å². The fourth-order valence-electron chi connectivity index (χ4n) is 3.35. The molecule has 1 aromatic carbocycles. The standard InChI is InChI=1S/C18H23NO2/c1-13-2-4-14(5-3-13)10-19-18(20)12-21-11-17-9-15-6-7-16(17)8-15/h2-7,15-17H,8-12H2,1H3,(H,19,20). The van der Waals surface area contributed by atoms with E-state index >= 15 is 0 Å². The summed E-state index contributed by atoms with van der Waals surface area (Å²) in [5, 5.41) is 2.90. The molecule has 3 atom stereocenters. The fourth-order valence-corrected chi connectivity index (χ4v) is 3.35. The zero-order chi connectivity index (χ0) is 14.7. The van der Waals surface area contributed by atoms with E-state index in [0.29, 0.717) is 25.0 Å². The van der Waals surface area contributed by atoms with Crippen molar-refractivity contribution >= 4 is 5.91 Å². The van der Waals surface area contributed by atoms with Gasteiger partial charge < -0.3 is 10.1 Å². The molecule has 2 aliphatic carbocycles. The third-order valence-corrected chi connectivity index (χ3v) is 4.59. The Morgan fingerprint density at radius 1 is 1.24 bits per heavy atom. The van der Waals surface area contributed by atoms with Crippen molar-refractivity contribution in [1.29, 1.82) is 0 Å². The highest BCUT2D eigenvalue weighted by Gasteiger charge is 2.35. The summed E-state index contributed by atoms with van der Waals surface area (Å²) in [4.78, 5) is 11.8. The van der Waals surface area contributed by atoms with Crippen LogP contribution in [0, 0.1) is 24.7 Å². The van der Waals surface area contributed by atoms with Gasteiger partial charge >= 0.3 is 0 Å². The molecule has 2 bridgehead atoms. The van der Waals surface area contributed by atoms with Gasteiger partial charge in [0.15, 0.2) is 0 Å². The average Bonchev–Trinajstić information content (AvgIpc) is 3.09. The van der Waals surface area contributed by atoms with Gasteiger partial charge in [-0.3, -0.25) is 4.79 Å². The number of carbonyl (C=O) groups excluding carboxylic acids is 1. The zero-order valence-corrected chi connectivity index (χ0v) is 12.5.